The van der Waals surface area contributed by atoms with Crippen LogP contribution in [-0.4, -0.2) is 12.5 Å². The molecular weight excluding hydrogens is 140 g/mol. The third kappa shape index (κ3) is 3.45. The maximum Gasteiger partial charge on any atom is 0.248 e. The second-order valence-electron chi connectivity index (χ2n) is 2.31. The number of nitrogens with two attached hydrogens (primary N) is 1. The molecule has 62 valence electrons. The molecule has 0 saturated carbocycles. The summed E-state index contributed by atoms with van der Waals surface area (Å²) in [6, 6.07) is 0. The van der Waals surface area contributed by atoms with Gasteiger partial charge in [0.1, 0.15) is 0 Å². The van der Waals surface area contributed by atoms with Crippen molar-refractivity contribution in [3.8, 4) is 0 Å². The number of carbonyl (C=O) groups is 1. The predicted octanol–water partition coefficient (Wildman–Crippen LogP) is 0.541. The van der Waals surface area contributed by atoms with Gasteiger partial charge < -0.3 is 11.1 Å². The number of hydrogen-bond acceptors (Lipinski definition) is 2. The fourth-order valence-electron chi connectivity index (χ4n) is 0.477. The molecule has 3 nitrogen and oxygen atoms in total. The fourth-order valence-corrected chi connectivity index (χ4v) is 0.477. The fraction of sp³-hybridized carbons (Fsp3) is 0.375. The van der Waals surface area contributed by atoms with Crippen LogP contribution >= 0.6 is 0 Å². The highest BCUT2D eigenvalue weighted by Crippen LogP contribution is 1.95. The topological polar surface area (TPSA) is 55.1 Å². The van der Waals surface area contributed by atoms with E-state index in [0.717, 1.165) is 0 Å². The first-order valence-electron chi connectivity index (χ1n) is 3.41. The van der Waals surface area contributed by atoms with Gasteiger partial charge >= 0.3 is 0 Å². The van der Waals surface area contributed by atoms with E-state index >= 15 is 0 Å². The van der Waals surface area contributed by atoms with Crippen LogP contribution in [-0.2, 0) is 4.79 Å². The number of amides is 1. The minimum absolute atomic E-state index is 0.134. The molecule has 1 amide bonds. The molecule has 0 spiro atoms. The van der Waals surface area contributed by atoms with E-state index in [9.17, 15) is 4.79 Å². The average Bonchev–Trinajstić information content (AvgIpc) is 1.98. The van der Waals surface area contributed by atoms with Crippen LogP contribution in [0.5, 0.6) is 0 Å². The van der Waals surface area contributed by atoms with Gasteiger partial charge in [-0.05, 0) is 13.8 Å². The minimum atomic E-state index is -0.134. The lowest BCUT2D eigenvalue weighted by atomic mass is 10.2. The van der Waals surface area contributed by atoms with E-state index in [4.69, 9.17) is 5.73 Å². The van der Waals surface area contributed by atoms with Crippen molar-refractivity contribution in [3.05, 3.63) is 23.9 Å². The molecule has 0 radical (unpaired) electrons. The van der Waals surface area contributed by atoms with E-state index in [2.05, 4.69) is 11.9 Å². The van der Waals surface area contributed by atoms with Crippen molar-refractivity contribution in [2.24, 2.45) is 5.73 Å². The lowest BCUT2D eigenvalue weighted by Crippen LogP contribution is -2.25. The van der Waals surface area contributed by atoms with Gasteiger partial charge in [0.05, 0.1) is 0 Å². The smallest absolute Gasteiger partial charge is 0.248 e. The van der Waals surface area contributed by atoms with Gasteiger partial charge in [-0.1, -0.05) is 6.08 Å². The molecule has 3 heteroatoms. The Hall–Kier alpha value is -1.25. The number of rotatable bonds is 3. The standard InChI is InChI=1S/C8H14N2O/c1-4-5-10-8(11)6(2)7(3)9/h4H,1,5,9H2,2-3H3,(H,10,11)/b7-6-. The van der Waals surface area contributed by atoms with Gasteiger partial charge in [0.25, 0.3) is 0 Å². The van der Waals surface area contributed by atoms with Crippen LogP contribution in [0.1, 0.15) is 13.8 Å². The summed E-state index contributed by atoms with van der Waals surface area (Å²) in [7, 11) is 0. The van der Waals surface area contributed by atoms with Crippen molar-refractivity contribution >= 4 is 5.91 Å². The summed E-state index contributed by atoms with van der Waals surface area (Å²) in [6.45, 7) is 7.34. The van der Waals surface area contributed by atoms with Gasteiger partial charge in [0, 0.05) is 17.8 Å². The van der Waals surface area contributed by atoms with Crippen LogP contribution in [0.15, 0.2) is 23.9 Å². The van der Waals surface area contributed by atoms with Crippen LogP contribution in [0.2, 0.25) is 0 Å². The monoisotopic (exact) mass is 154 g/mol. The second kappa shape index (κ2) is 4.55. The van der Waals surface area contributed by atoms with Crippen LogP contribution in [0.25, 0.3) is 0 Å². The maximum atomic E-state index is 11.0. The number of hydrogen-bond donors (Lipinski definition) is 2. The highest BCUT2D eigenvalue weighted by atomic mass is 16.1. The van der Waals surface area contributed by atoms with Gasteiger partial charge in [0.15, 0.2) is 0 Å². The Morgan fingerprint density at radius 2 is 2.18 bits per heavy atom. The molecule has 0 saturated heterocycles. The highest BCUT2D eigenvalue weighted by Gasteiger charge is 2.02. The second-order valence-corrected chi connectivity index (χ2v) is 2.31. The quantitative estimate of drug-likeness (QED) is 0.460. The lowest BCUT2D eigenvalue weighted by molar-refractivity contribution is -0.117. The molecule has 3 N–H and O–H groups in total. The van der Waals surface area contributed by atoms with E-state index in [1.54, 1.807) is 19.9 Å². The predicted molar refractivity (Wildman–Crippen MR) is 45.8 cm³/mol. The summed E-state index contributed by atoms with van der Waals surface area (Å²) in [6.07, 6.45) is 1.62. The van der Waals surface area contributed by atoms with Crippen LogP contribution in [0.4, 0.5) is 0 Å². The zero-order valence-corrected chi connectivity index (χ0v) is 6.98. The Bertz CT molecular complexity index is 190. The molecule has 0 aromatic rings. The van der Waals surface area contributed by atoms with Crippen LogP contribution in [0, 0.1) is 0 Å². The van der Waals surface area contributed by atoms with E-state index in [0.29, 0.717) is 17.8 Å². The molecule has 0 aromatic heterocycles. The van der Waals surface area contributed by atoms with Crippen molar-refractivity contribution in [3.63, 3.8) is 0 Å². The highest BCUT2D eigenvalue weighted by molar-refractivity contribution is 5.93. The maximum absolute atomic E-state index is 11.0. The van der Waals surface area contributed by atoms with Crippen LogP contribution in [0.3, 0.4) is 0 Å². The Kier molecular flexibility index (Phi) is 4.03. The SMILES string of the molecule is C=CCNC(=O)/C(C)=C(/C)N. The van der Waals surface area contributed by atoms with E-state index in [-0.39, 0.29) is 5.91 Å². The molecule has 0 fully saturated rings. The van der Waals surface area contributed by atoms with Gasteiger partial charge in [-0.3, -0.25) is 4.79 Å². The van der Waals surface area contributed by atoms with Crippen molar-refractivity contribution in [2.45, 2.75) is 13.8 Å². The summed E-state index contributed by atoms with van der Waals surface area (Å²) in [5.41, 5.74) is 6.51. The van der Waals surface area contributed by atoms with Crippen LogP contribution < -0.4 is 11.1 Å². The Labute approximate surface area is 67.0 Å². The molecule has 0 aliphatic rings. The molecule has 0 rings (SSSR count). The number of carbonyl (C=O) groups excluding carboxylic acids is 1. The Morgan fingerprint density at radius 1 is 1.64 bits per heavy atom. The first-order valence-corrected chi connectivity index (χ1v) is 3.41. The average molecular weight is 154 g/mol. The van der Waals surface area contributed by atoms with Crippen molar-refractivity contribution in [2.75, 3.05) is 6.54 Å². The minimum Gasteiger partial charge on any atom is -0.402 e. The lowest BCUT2D eigenvalue weighted by Gasteiger charge is -2.02. The third-order valence-electron chi connectivity index (χ3n) is 1.34. The summed E-state index contributed by atoms with van der Waals surface area (Å²) >= 11 is 0. The molecule has 11 heavy (non-hydrogen) atoms. The molecule has 0 aliphatic heterocycles. The van der Waals surface area contributed by atoms with Crippen molar-refractivity contribution < 1.29 is 4.79 Å². The van der Waals surface area contributed by atoms with E-state index in [1.807, 2.05) is 0 Å². The van der Waals surface area contributed by atoms with Gasteiger partial charge in [-0.15, -0.1) is 6.58 Å². The summed E-state index contributed by atoms with van der Waals surface area (Å²) in [4.78, 5) is 11.0. The summed E-state index contributed by atoms with van der Waals surface area (Å²) in [5.74, 6) is -0.134. The summed E-state index contributed by atoms with van der Waals surface area (Å²) < 4.78 is 0. The van der Waals surface area contributed by atoms with Gasteiger partial charge in [-0.2, -0.15) is 0 Å². The molecule has 0 aromatic carbocycles. The third-order valence-corrected chi connectivity index (χ3v) is 1.34. The Morgan fingerprint density at radius 3 is 2.55 bits per heavy atom. The first kappa shape index (κ1) is 9.75. The first-order chi connectivity index (χ1) is 5.09. The van der Waals surface area contributed by atoms with Gasteiger partial charge in [-0.25, -0.2) is 0 Å². The molecule has 0 unspecified atom stereocenters. The largest absolute Gasteiger partial charge is 0.402 e. The van der Waals surface area contributed by atoms with E-state index in [1.165, 1.54) is 0 Å². The Balaban J connectivity index is 4.04. The zero-order valence-electron chi connectivity index (χ0n) is 6.98. The van der Waals surface area contributed by atoms with Crippen molar-refractivity contribution in [1.29, 1.82) is 0 Å². The van der Waals surface area contributed by atoms with E-state index < -0.39 is 0 Å². The molecule has 0 heterocycles. The normalized spacial score (nSPS) is 11.8. The molecular formula is C8H14N2O. The van der Waals surface area contributed by atoms with Crippen molar-refractivity contribution in [1.82, 2.24) is 5.32 Å². The molecule has 0 bridgehead atoms. The zero-order chi connectivity index (χ0) is 8.85. The van der Waals surface area contributed by atoms with Gasteiger partial charge in [0.2, 0.25) is 5.91 Å². The number of allylic oxidation sites excluding steroid dienone is 1. The molecule has 0 atom stereocenters. The number of nitrogens with one attached hydrogen (secondary N) is 1. The summed E-state index contributed by atoms with van der Waals surface area (Å²) in [5, 5.41) is 2.62. The molecule has 0 aliphatic carbocycles.